The highest BCUT2D eigenvalue weighted by molar-refractivity contribution is 5.94. The van der Waals surface area contributed by atoms with Gasteiger partial charge in [-0.2, -0.15) is 5.10 Å². The molecule has 2 aromatic rings. The van der Waals surface area contributed by atoms with Crippen molar-refractivity contribution < 1.29 is 9.53 Å². The second-order valence-electron chi connectivity index (χ2n) is 7.28. The number of carbonyl (C=O) groups excluding carboxylic acids is 1. The second-order valence-corrected chi connectivity index (χ2v) is 7.28. The van der Waals surface area contributed by atoms with E-state index in [1.165, 1.54) is 0 Å². The van der Waals surface area contributed by atoms with Gasteiger partial charge in [0.05, 0.1) is 12.2 Å². The first-order valence-corrected chi connectivity index (χ1v) is 9.61. The fraction of sp³-hybridized carbons (Fsp3) is 0.550. The van der Waals surface area contributed by atoms with Gasteiger partial charge in [-0.25, -0.2) is 4.98 Å². The van der Waals surface area contributed by atoms with E-state index in [2.05, 4.69) is 33.9 Å². The molecule has 7 heteroatoms. The van der Waals surface area contributed by atoms with Crippen molar-refractivity contribution in [3.05, 3.63) is 35.7 Å². The lowest BCUT2D eigenvalue weighted by atomic mass is 10.1. The minimum Gasteiger partial charge on any atom is -0.373 e. The van der Waals surface area contributed by atoms with Crippen molar-refractivity contribution in [2.45, 2.75) is 39.4 Å². The Morgan fingerprint density at radius 3 is 2.52 bits per heavy atom. The Morgan fingerprint density at radius 2 is 1.93 bits per heavy atom. The van der Waals surface area contributed by atoms with E-state index >= 15 is 0 Å². The lowest BCUT2D eigenvalue weighted by Crippen LogP contribution is -2.48. The minimum atomic E-state index is 0.0279. The molecule has 0 bridgehead atoms. The number of hydrogen-bond donors (Lipinski definition) is 1. The molecule has 1 aliphatic heterocycles. The van der Waals surface area contributed by atoms with Crippen molar-refractivity contribution in [1.82, 2.24) is 25.0 Å². The van der Waals surface area contributed by atoms with Gasteiger partial charge in [0.25, 0.3) is 5.91 Å². The summed E-state index contributed by atoms with van der Waals surface area (Å²) in [5, 5.41) is 7.13. The predicted molar refractivity (Wildman–Crippen MR) is 105 cm³/mol. The highest BCUT2D eigenvalue weighted by Gasteiger charge is 2.22. The molecule has 1 aliphatic rings. The van der Waals surface area contributed by atoms with Gasteiger partial charge in [-0.05, 0) is 26.0 Å². The van der Waals surface area contributed by atoms with E-state index in [0.29, 0.717) is 17.9 Å². The van der Waals surface area contributed by atoms with Crippen LogP contribution in [0, 0.1) is 0 Å². The summed E-state index contributed by atoms with van der Waals surface area (Å²) in [6.45, 7) is 9.60. The third-order valence-corrected chi connectivity index (χ3v) is 4.85. The van der Waals surface area contributed by atoms with Gasteiger partial charge < -0.3 is 9.64 Å². The Bertz CT molecular complexity index is 748. The number of rotatable bonds is 6. The average Bonchev–Trinajstić information content (AvgIpc) is 3.14. The van der Waals surface area contributed by atoms with E-state index in [0.717, 1.165) is 37.4 Å². The van der Waals surface area contributed by atoms with E-state index in [9.17, 15) is 4.79 Å². The Kier molecular flexibility index (Phi) is 6.23. The maximum absolute atomic E-state index is 12.7. The molecule has 2 atom stereocenters. The number of hydrogen-bond acceptors (Lipinski definition) is 5. The molecule has 0 aliphatic carbocycles. The summed E-state index contributed by atoms with van der Waals surface area (Å²) in [6, 6.07) is 7.48. The lowest BCUT2D eigenvalue weighted by Gasteiger charge is -2.36. The van der Waals surface area contributed by atoms with Gasteiger partial charge in [0.1, 0.15) is 5.82 Å². The van der Waals surface area contributed by atoms with Gasteiger partial charge in [0.2, 0.25) is 0 Å². The molecular weight excluding hydrogens is 342 g/mol. The summed E-state index contributed by atoms with van der Waals surface area (Å²) in [6.07, 6.45) is 1.30. The zero-order valence-electron chi connectivity index (χ0n) is 16.6. The number of likely N-dealkylation sites (N-methyl/N-ethyl adjacent to an activating group) is 1. The van der Waals surface area contributed by atoms with Crippen LogP contribution in [0.1, 0.15) is 37.0 Å². The molecule has 1 fully saturated rings. The number of nitrogens with one attached hydrogen (secondary N) is 1. The normalized spacial score (nSPS) is 20.6. The van der Waals surface area contributed by atoms with E-state index in [4.69, 9.17) is 4.74 Å². The Morgan fingerprint density at radius 1 is 1.26 bits per heavy atom. The van der Waals surface area contributed by atoms with Crippen molar-refractivity contribution in [1.29, 1.82) is 0 Å². The van der Waals surface area contributed by atoms with E-state index in [-0.39, 0.29) is 18.1 Å². The van der Waals surface area contributed by atoms with Crippen molar-refractivity contribution in [3.8, 4) is 11.4 Å². The van der Waals surface area contributed by atoms with Gasteiger partial charge in [0, 0.05) is 50.8 Å². The summed E-state index contributed by atoms with van der Waals surface area (Å²) in [4.78, 5) is 21.3. The summed E-state index contributed by atoms with van der Waals surface area (Å²) < 4.78 is 5.76. The molecule has 0 spiro atoms. The Labute approximate surface area is 160 Å². The van der Waals surface area contributed by atoms with Crippen molar-refractivity contribution >= 4 is 5.91 Å². The van der Waals surface area contributed by atoms with Crippen LogP contribution >= 0.6 is 0 Å². The summed E-state index contributed by atoms with van der Waals surface area (Å²) >= 11 is 0. The van der Waals surface area contributed by atoms with Crippen LogP contribution in [0.4, 0.5) is 0 Å². The molecule has 0 radical (unpaired) electrons. The van der Waals surface area contributed by atoms with Crippen LogP contribution in [-0.2, 0) is 11.2 Å². The zero-order chi connectivity index (χ0) is 19.4. The van der Waals surface area contributed by atoms with Crippen LogP contribution in [0.15, 0.2) is 24.3 Å². The Hall–Kier alpha value is -2.25. The monoisotopic (exact) mass is 371 g/mol. The number of ether oxygens (including phenoxy) is 1. The van der Waals surface area contributed by atoms with Gasteiger partial charge in [-0.3, -0.25) is 14.8 Å². The first-order valence-electron chi connectivity index (χ1n) is 9.61. The van der Waals surface area contributed by atoms with E-state index in [1.54, 1.807) is 4.90 Å². The number of amides is 1. The van der Waals surface area contributed by atoms with Gasteiger partial charge >= 0.3 is 0 Å². The largest absolute Gasteiger partial charge is 0.373 e. The zero-order valence-corrected chi connectivity index (χ0v) is 16.6. The molecule has 1 amide bonds. The van der Waals surface area contributed by atoms with Crippen molar-refractivity contribution in [2.75, 3.05) is 33.2 Å². The number of benzene rings is 1. The van der Waals surface area contributed by atoms with Gasteiger partial charge in [0.15, 0.2) is 5.82 Å². The smallest absolute Gasteiger partial charge is 0.253 e. The quantitative estimate of drug-likeness (QED) is 0.843. The first-order chi connectivity index (χ1) is 13.0. The molecule has 2 heterocycles. The molecule has 3 rings (SSSR count). The van der Waals surface area contributed by atoms with Crippen LogP contribution in [0.2, 0.25) is 0 Å². The number of aryl methyl sites for hydroxylation is 1. The molecule has 1 aromatic carbocycles. The third kappa shape index (κ3) is 4.93. The van der Waals surface area contributed by atoms with Gasteiger partial charge in [-0.1, -0.05) is 19.1 Å². The van der Waals surface area contributed by atoms with Crippen LogP contribution in [0.3, 0.4) is 0 Å². The Balaban J connectivity index is 1.56. The topological polar surface area (TPSA) is 74.3 Å². The molecule has 1 aromatic heterocycles. The first kappa shape index (κ1) is 19.5. The highest BCUT2D eigenvalue weighted by Crippen LogP contribution is 2.17. The maximum Gasteiger partial charge on any atom is 0.253 e. The minimum absolute atomic E-state index is 0.0279. The van der Waals surface area contributed by atoms with Crippen LogP contribution < -0.4 is 0 Å². The van der Waals surface area contributed by atoms with E-state index < -0.39 is 0 Å². The third-order valence-electron chi connectivity index (χ3n) is 4.85. The second kappa shape index (κ2) is 8.63. The standard InChI is InChI=1S/C20H29N5O2/c1-5-18-21-19(23-22-18)16-6-8-17(9-7-16)20(26)24(4)10-11-25-12-14(2)27-15(3)13-25/h6-9,14-15H,5,10-13H2,1-4H3,(H,21,22,23)/t14-,15+. The fourth-order valence-electron chi connectivity index (χ4n) is 3.42. The summed E-state index contributed by atoms with van der Waals surface area (Å²) in [5.41, 5.74) is 1.58. The number of aromatic nitrogens is 3. The number of nitrogens with zero attached hydrogens (tertiary/aromatic N) is 4. The van der Waals surface area contributed by atoms with Crippen molar-refractivity contribution in [2.24, 2.45) is 0 Å². The molecule has 1 N–H and O–H groups in total. The van der Waals surface area contributed by atoms with Crippen LogP contribution in [0.5, 0.6) is 0 Å². The van der Waals surface area contributed by atoms with Crippen LogP contribution in [0.25, 0.3) is 11.4 Å². The summed E-state index contributed by atoms with van der Waals surface area (Å²) in [5.74, 6) is 1.55. The SMILES string of the molecule is CCc1nc(-c2ccc(C(=O)N(C)CCN3C[C@@H](C)O[C@@H](C)C3)cc2)n[nH]1. The number of carbonyl (C=O) groups is 1. The number of morpholine rings is 1. The highest BCUT2D eigenvalue weighted by atomic mass is 16.5. The molecule has 7 nitrogen and oxygen atoms in total. The van der Waals surface area contributed by atoms with Crippen molar-refractivity contribution in [3.63, 3.8) is 0 Å². The number of aromatic amines is 1. The predicted octanol–water partition coefficient (Wildman–Crippen LogP) is 2.22. The van der Waals surface area contributed by atoms with Crippen LogP contribution in [-0.4, -0.2) is 76.3 Å². The summed E-state index contributed by atoms with van der Waals surface area (Å²) in [7, 11) is 1.85. The number of H-pyrrole nitrogens is 1. The molecule has 146 valence electrons. The molecule has 0 unspecified atom stereocenters. The maximum atomic E-state index is 12.7. The average molecular weight is 371 g/mol. The molecule has 0 saturated carbocycles. The molecule has 27 heavy (non-hydrogen) atoms. The van der Waals surface area contributed by atoms with Gasteiger partial charge in [-0.15, -0.1) is 0 Å². The fourth-order valence-corrected chi connectivity index (χ4v) is 3.42. The molecule has 1 saturated heterocycles. The molecular formula is C20H29N5O2. The lowest BCUT2D eigenvalue weighted by molar-refractivity contribution is -0.0685. The van der Waals surface area contributed by atoms with E-state index in [1.807, 2.05) is 38.2 Å².